The quantitative estimate of drug-likeness (QED) is 0.0150. The molecule has 692 valence electrons. The van der Waals surface area contributed by atoms with Crippen LogP contribution in [0.5, 0.6) is 0 Å². The van der Waals surface area contributed by atoms with Crippen LogP contribution in [0.3, 0.4) is 0 Å². The first-order valence-corrected chi connectivity index (χ1v) is 52.9. The first-order valence-electron chi connectivity index (χ1n) is 50.1. The molecule has 0 spiro atoms. The molecule has 0 saturated heterocycles. The number of allylic oxidation sites excluding steroid dienone is 8. The number of hydrogen-bond donors (Lipinski definition) is 0. The third kappa shape index (κ3) is 73.0. The van der Waals surface area contributed by atoms with Crippen molar-refractivity contribution in [3.05, 3.63) is 107 Å². The molecule has 0 saturated carbocycles. The maximum Gasteiger partial charge on any atom is 2.00 e. The van der Waals surface area contributed by atoms with Gasteiger partial charge >= 0.3 is 61.6 Å². The standard InChI is InChI=1S/2C52H90O7S.Ca/c2*1-3-5-7-9-11-13-15-17-19-21-23-25-27-29-31-33-35-37-39-41-46-58-51(53)48-44-43-45-49(60(55,56)57)50(48)52(54)59-47-42-40-38-36-34-32-30-28-26-24-22-20-18-16-14-12-10-8-6-4-2;/h2*21-24,43-45H,3-20,25-42,46-47H2,1-2H3,(H,55,56,57);/q;;+2/p-2/b2*23-21+,24-22+;. The third-order valence-electron chi connectivity index (χ3n) is 23.0. The summed E-state index contributed by atoms with van der Waals surface area (Å²) in [4.78, 5) is 50.6. The second kappa shape index (κ2) is 88.4. The molecule has 14 nitrogen and oxygen atoms in total. The van der Waals surface area contributed by atoms with E-state index in [-0.39, 0.29) is 75.3 Å². The van der Waals surface area contributed by atoms with Crippen LogP contribution in [-0.2, 0) is 39.2 Å². The van der Waals surface area contributed by atoms with Crippen molar-refractivity contribution in [1.82, 2.24) is 0 Å². The van der Waals surface area contributed by atoms with Crippen LogP contribution in [0.15, 0.2) is 94.8 Å². The zero-order valence-corrected chi connectivity index (χ0v) is 81.9. The molecule has 0 fully saturated rings. The largest absolute Gasteiger partial charge is 2.00 e. The van der Waals surface area contributed by atoms with Crippen LogP contribution in [0.1, 0.15) is 531 Å². The zero-order chi connectivity index (χ0) is 87.2. The van der Waals surface area contributed by atoms with Crippen LogP contribution in [0.25, 0.3) is 0 Å². The molecule has 0 atom stereocenters. The molecule has 0 N–H and O–H groups in total. The smallest absolute Gasteiger partial charge is 0.744 e. The molecule has 2 aromatic carbocycles. The molecular formula is C104H178CaO14S2. The van der Waals surface area contributed by atoms with Crippen LogP contribution < -0.4 is 0 Å². The maximum atomic E-state index is 13.1. The van der Waals surface area contributed by atoms with Gasteiger partial charge in [0.15, 0.2) is 0 Å². The van der Waals surface area contributed by atoms with Crippen molar-refractivity contribution in [3.63, 3.8) is 0 Å². The molecule has 0 aliphatic rings. The van der Waals surface area contributed by atoms with Crippen molar-refractivity contribution >= 4 is 81.9 Å². The molecule has 0 amide bonds. The minimum absolute atomic E-state index is 0. The Balaban J connectivity index is 0.00000236. The van der Waals surface area contributed by atoms with Crippen molar-refractivity contribution in [3.8, 4) is 0 Å². The molecule has 0 aromatic heterocycles. The zero-order valence-electron chi connectivity index (χ0n) is 78.1. The molecule has 0 unspecified atom stereocenters. The van der Waals surface area contributed by atoms with Crippen LogP contribution in [0, 0.1) is 0 Å². The monoisotopic (exact) mass is 1760 g/mol. The molecule has 0 radical (unpaired) electrons. The summed E-state index contributed by atoms with van der Waals surface area (Å²) in [5.74, 6) is -3.62. The molecular weight excluding hydrogens is 1580 g/mol. The van der Waals surface area contributed by atoms with E-state index in [1.54, 1.807) is 0 Å². The van der Waals surface area contributed by atoms with Gasteiger partial charge in [-0.1, -0.05) is 422 Å². The number of esters is 4. The van der Waals surface area contributed by atoms with Gasteiger partial charge in [0, 0.05) is 0 Å². The summed E-state index contributed by atoms with van der Waals surface area (Å²) in [5.41, 5.74) is -1.56. The van der Waals surface area contributed by atoms with Gasteiger partial charge in [-0.15, -0.1) is 0 Å². The molecule has 0 bridgehead atoms. The summed E-state index contributed by atoms with van der Waals surface area (Å²) in [6.07, 6.45) is 107. The number of benzene rings is 2. The SMILES string of the molecule is CCCCCCCCCC/C=C/CCCCCCCCCCOC(=O)c1cccc(S(=O)(=O)[O-])c1C(=O)OCCCCCCCCCC/C=C/CCCCCCCCCC.CCCCCCCCCC/C=C/CCCCCCCCCCOC(=O)c1cccc(S(=O)(=O)[O-])c1C(=O)OCCCCCCCCCC/C=C/CCCCCCCCCC.[Ca+2]. The Bertz CT molecular complexity index is 2880. The fourth-order valence-electron chi connectivity index (χ4n) is 15.4. The van der Waals surface area contributed by atoms with E-state index >= 15 is 0 Å². The van der Waals surface area contributed by atoms with E-state index in [0.29, 0.717) is 25.7 Å². The number of hydrogen-bond acceptors (Lipinski definition) is 14. The Morgan fingerprint density at radius 3 is 0.545 bits per heavy atom. The van der Waals surface area contributed by atoms with Crippen LogP contribution in [0.2, 0.25) is 0 Å². The number of carbonyl (C=O) groups excluding carboxylic acids is 4. The van der Waals surface area contributed by atoms with Gasteiger partial charge in [-0.25, -0.2) is 36.0 Å². The second-order valence-corrected chi connectivity index (χ2v) is 36.9. The molecule has 0 heterocycles. The Labute approximate surface area is 773 Å². The number of ether oxygens (including phenoxy) is 4. The first-order chi connectivity index (χ1) is 58.6. The van der Waals surface area contributed by atoms with E-state index in [4.69, 9.17) is 18.9 Å². The Hall–Kier alpha value is -3.64. The van der Waals surface area contributed by atoms with Crippen LogP contribution in [0.4, 0.5) is 0 Å². The van der Waals surface area contributed by atoms with E-state index in [0.717, 1.165) is 102 Å². The van der Waals surface area contributed by atoms with Gasteiger partial charge in [0.1, 0.15) is 20.2 Å². The molecule has 121 heavy (non-hydrogen) atoms. The van der Waals surface area contributed by atoms with E-state index < -0.39 is 65.0 Å². The fraction of sp³-hybridized carbons (Fsp3) is 0.769. The number of rotatable bonds is 86. The predicted octanol–water partition coefficient (Wildman–Crippen LogP) is 31.8. The molecule has 0 aliphatic heterocycles. The average molecular weight is 1760 g/mol. The third-order valence-corrected chi connectivity index (χ3v) is 24.8. The average Bonchev–Trinajstić information content (AvgIpc) is 0.796. The summed E-state index contributed by atoms with van der Waals surface area (Å²) >= 11 is 0. The van der Waals surface area contributed by atoms with Gasteiger partial charge in [-0.05, 0) is 153 Å². The molecule has 0 aliphatic carbocycles. The summed E-state index contributed by atoms with van der Waals surface area (Å²) in [7, 11) is -10.0. The van der Waals surface area contributed by atoms with Crippen molar-refractivity contribution < 1.29 is 64.1 Å². The first kappa shape index (κ1) is 117. The van der Waals surface area contributed by atoms with Crippen LogP contribution in [-0.4, -0.2) is 114 Å². The normalized spacial score (nSPS) is 11.8. The topological polar surface area (TPSA) is 220 Å². The number of unbranched alkanes of at least 4 members (excludes halogenated alkanes) is 64. The predicted molar refractivity (Wildman–Crippen MR) is 507 cm³/mol. The van der Waals surface area contributed by atoms with E-state index in [1.807, 2.05) is 0 Å². The van der Waals surface area contributed by atoms with Gasteiger partial charge < -0.3 is 28.1 Å². The van der Waals surface area contributed by atoms with E-state index in [1.165, 1.54) is 371 Å². The molecule has 2 aromatic rings. The second-order valence-electron chi connectivity index (χ2n) is 34.2. The summed E-state index contributed by atoms with van der Waals surface area (Å²) < 4.78 is 93.8. The van der Waals surface area contributed by atoms with Gasteiger partial charge in [0.2, 0.25) is 0 Å². The minimum atomic E-state index is -5.02. The number of carbonyl (C=O) groups is 4. The van der Waals surface area contributed by atoms with Crippen molar-refractivity contribution in [1.29, 1.82) is 0 Å². The Morgan fingerprint density at radius 2 is 0.380 bits per heavy atom. The van der Waals surface area contributed by atoms with Gasteiger partial charge in [-0.3, -0.25) is 0 Å². The molecule has 17 heteroatoms. The Morgan fingerprint density at radius 1 is 0.231 bits per heavy atom. The van der Waals surface area contributed by atoms with E-state index in [9.17, 15) is 45.1 Å². The minimum Gasteiger partial charge on any atom is -0.744 e. The van der Waals surface area contributed by atoms with Gasteiger partial charge in [-0.2, -0.15) is 0 Å². The van der Waals surface area contributed by atoms with Gasteiger partial charge in [0.25, 0.3) is 0 Å². The molecule has 2 rings (SSSR count). The van der Waals surface area contributed by atoms with Crippen LogP contribution >= 0.6 is 0 Å². The Kier molecular flexibility index (Phi) is 85.7. The van der Waals surface area contributed by atoms with Crippen molar-refractivity contribution in [2.24, 2.45) is 0 Å². The van der Waals surface area contributed by atoms with Crippen molar-refractivity contribution in [2.75, 3.05) is 26.4 Å². The summed E-state index contributed by atoms with van der Waals surface area (Å²) in [5, 5.41) is 0. The maximum absolute atomic E-state index is 13.1. The van der Waals surface area contributed by atoms with Gasteiger partial charge in [0.05, 0.1) is 58.5 Å². The summed E-state index contributed by atoms with van der Waals surface area (Å²) in [6.45, 7) is 9.55. The fourth-order valence-corrected chi connectivity index (χ4v) is 16.8. The van der Waals surface area contributed by atoms with Crippen molar-refractivity contribution in [2.45, 2.75) is 500 Å². The van der Waals surface area contributed by atoms with E-state index in [2.05, 4.69) is 76.3 Å². The summed E-state index contributed by atoms with van der Waals surface area (Å²) in [6, 6.07) is 7.27.